The number of piperazine rings is 1. The molecule has 0 bridgehead atoms. The van der Waals surface area contributed by atoms with Crippen LogP contribution in [0.25, 0.3) is 0 Å². The lowest BCUT2D eigenvalue weighted by atomic mass is 9.88. The van der Waals surface area contributed by atoms with Crippen LogP contribution in [-0.2, 0) is 23.7 Å². The Kier molecular flexibility index (Phi) is 15.8. The molecule has 1 amide bonds. The van der Waals surface area contributed by atoms with Gasteiger partial charge in [0, 0.05) is 51.5 Å². The molecule has 10 unspecified atom stereocenters. The maximum Gasteiger partial charge on any atom is 0.410 e. The summed E-state index contributed by atoms with van der Waals surface area (Å²) in [5.74, 6) is -0.832. The fourth-order valence-electron chi connectivity index (χ4n) is 6.73. The van der Waals surface area contributed by atoms with Crippen molar-refractivity contribution in [3.05, 3.63) is 36.0 Å². The summed E-state index contributed by atoms with van der Waals surface area (Å²) in [5, 5.41) is 32.0. The molecule has 2 fully saturated rings. The number of carbonyl (C=O) groups is 2. The van der Waals surface area contributed by atoms with Crippen molar-refractivity contribution in [2.75, 3.05) is 39.8 Å². The lowest BCUT2D eigenvalue weighted by molar-refractivity contribution is -0.151. The van der Waals surface area contributed by atoms with Crippen molar-refractivity contribution >= 4 is 12.1 Å². The van der Waals surface area contributed by atoms with E-state index in [1.807, 2.05) is 52.8 Å². The van der Waals surface area contributed by atoms with Crippen LogP contribution in [0.5, 0.6) is 0 Å². The van der Waals surface area contributed by atoms with E-state index in [0.717, 1.165) is 38.0 Å². The minimum atomic E-state index is -1.14. The van der Waals surface area contributed by atoms with E-state index in [-0.39, 0.29) is 36.9 Å². The van der Waals surface area contributed by atoms with Crippen LogP contribution in [0.3, 0.4) is 0 Å². The predicted octanol–water partition coefficient (Wildman–Crippen LogP) is 4.78. The van der Waals surface area contributed by atoms with Gasteiger partial charge in [0.15, 0.2) is 6.10 Å². The van der Waals surface area contributed by atoms with E-state index in [2.05, 4.69) is 11.8 Å². The minimum absolute atomic E-state index is 0.00307. The third-order valence-electron chi connectivity index (χ3n) is 10.5. The topological polar surface area (TPSA) is 142 Å². The Hall–Kier alpha value is -2.28. The zero-order valence-electron chi connectivity index (χ0n) is 31.2. The molecule has 3 rings (SSSR count). The Morgan fingerprint density at radius 2 is 1.92 bits per heavy atom. The summed E-state index contributed by atoms with van der Waals surface area (Å²) in [6, 6.07) is 0. The highest BCUT2D eigenvalue weighted by molar-refractivity contribution is 5.70. The maximum atomic E-state index is 13.4. The molecule has 0 aromatic rings. The highest BCUT2D eigenvalue weighted by atomic mass is 16.6. The van der Waals surface area contributed by atoms with Crippen LogP contribution in [-0.4, -0.2) is 125 Å². The SMILES string of the molecule is CCCCN1CCN(C(=O)OC2C=CC(C)C(C(C)=CC=CC(C)(O)CC3OC3C(C)C(O)CC)OC(=O)CC(O)CCC2(C)OC)CC1. The van der Waals surface area contributed by atoms with E-state index in [0.29, 0.717) is 32.4 Å². The van der Waals surface area contributed by atoms with Crippen molar-refractivity contribution in [2.45, 2.75) is 141 Å². The molecular formula is C38H64N2O9. The number of epoxide rings is 1. The molecule has 49 heavy (non-hydrogen) atoms. The summed E-state index contributed by atoms with van der Waals surface area (Å²) in [5.41, 5.74) is -1.34. The van der Waals surface area contributed by atoms with Gasteiger partial charge in [0.2, 0.25) is 0 Å². The standard InChI is InChI=1S/C38H64N2O9/c1-9-11-19-39-20-22-40(23-21-39)36(44)48-32-15-14-27(4)34(49-33(43)24-29(41)16-18-38(32,7)46-8)26(3)13-12-17-37(6,45)25-31-35(47-31)28(5)30(42)10-2/h12-15,17,27-32,34-35,41-42,45H,9-11,16,18-25H2,1-8H3. The largest absolute Gasteiger partial charge is 0.457 e. The fourth-order valence-corrected chi connectivity index (χ4v) is 6.73. The Morgan fingerprint density at radius 3 is 2.55 bits per heavy atom. The Morgan fingerprint density at radius 1 is 1.22 bits per heavy atom. The van der Waals surface area contributed by atoms with Crippen molar-refractivity contribution < 1.29 is 43.9 Å². The van der Waals surface area contributed by atoms with Crippen LogP contribution in [0.2, 0.25) is 0 Å². The quantitative estimate of drug-likeness (QED) is 0.107. The van der Waals surface area contributed by atoms with Gasteiger partial charge in [-0.05, 0) is 64.6 Å². The van der Waals surface area contributed by atoms with Gasteiger partial charge >= 0.3 is 12.1 Å². The molecule has 3 heterocycles. The molecule has 0 aromatic carbocycles. The molecule has 2 saturated heterocycles. The molecule has 11 heteroatoms. The third kappa shape index (κ3) is 12.5. The number of nitrogens with zero attached hydrogens (tertiary/aromatic N) is 2. The monoisotopic (exact) mass is 692 g/mol. The first-order chi connectivity index (χ1) is 23.1. The van der Waals surface area contributed by atoms with E-state index < -0.39 is 47.7 Å². The van der Waals surface area contributed by atoms with Crippen LogP contribution in [0, 0.1) is 11.8 Å². The maximum absolute atomic E-state index is 13.4. The van der Waals surface area contributed by atoms with E-state index in [9.17, 15) is 24.9 Å². The molecule has 11 nitrogen and oxygen atoms in total. The van der Waals surface area contributed by atoms with Gasteiger partial charge in [-0.15, -0.1) is 0 Å². The Labute approximate surface area is 294 Å². The summed E-state index contributed by atoms with van der Waals surface area (Å²) < 4.78 is 23.7. The van der Waals surface area contributed by atoms with Crippen molar-refractivity contribution in [1.82, 2.24) is 9.80 Å². The number of cyclic esters (lactones) is 1. The fraction of sp³-hybridized carbons (Fsp3) is 0.789. The number of ether oxygens (including phenoxy) is 4. The number of carbonyl (C=O) groups excluding carboxylic acids is 2. The number of methoxy groups -OCH3 is 1. The number of aliphatic hydroxyl groups is 3. The highest BCUT2D eigenvalue weighted by Crippen LogP contribution is 2.37. The van der Waals surface area contributed by atoms with Gasteiger partial charge in [-0.1, -0.05) is 58.4 Å². The first-order valence-corrected chi connectivity index (χ1v) is 18.3. The molecule has 3 aliphatic heterocycles. The lowest BCUT2D eigenvalue weighted by Gasteiger charge is -2.38. The summed E-state index contributed by atoms with van der Waals surface area (Å²) >= 11 is 0. The van der Waals surface area contributed by atoms with Gasteiger partial charge in [-0.2, -0.15) is 0 Å². The van der Waals surface area contributed by atoms with Gasteiger partial charge in [0.1, 0.15) is 11.7 Å². The molecule has 0 aliphatic carbocycles. The van der Waals surface area contributed by atoms with E-state index in [1.165, 1.54) is 0 Å². The molecule has 3 aliphatic rings. The average molecular weight is 693 g/mol. The number of hydrogen-bond acceptors (Lipinski definition) is 10. The van der Waals surface area contributed by atoms with Crippen LogP contribution in [0.4, 0.5) is 4.79 Å². The van der Waals surface area contributed by atoms with Crippen molar-refractivity contribution in [1.29, 1.82) is 0 Å². The number of aliphatic hydroxyl groups excluding tert-OH is 2. The lowest BCUT2D eigenvalue weighted by Crippen LogP contribution is -2.51. The van der Waals surface area contributed by atoms with E-state index >= 15 is 0 Å². The van der Waals surface area contributed by atoms with Gasteiger partial charge in [-0.25, -0.2) is 4.79 Å². The number of amides is 1. The smallest absolute Gasteiger partial charge is 0.410 e. The molecule has 0 aromatic heterocycles. The van der Waals surface area contributed by atoms with Gasteiger partial charge in [0.25, 0.3) is 0 Å². The second kappa shape index (κ2) is 18.8. The minimum Gasteiger partial charge on any atom is -0.457 e. The number of unbranched alkanes of at least 4 members (excludes halogenated alkanes) is 1. The van der Waals surface area contributed by atoms with Gasteiger partial charge < -0.3 is 39.2 Å². The second-order valence-corrected chi connectivity index (χ2v) is 14.9. The summed E-state index contributed by atoms with van der Waals surface area (Å²) in [4.78, 5) is 30.5. The van der Waals surface area contributed by atoms with Crippen molar-refractivity contribution in [3.63, 3.8) is 0 Å². The molecule has 3 N–H and O–H groups in total. The Balaban J connectivity index is 1.75. The van der Waals surface area contributed by atoms with Crippen molar-refractivity contribution in [3.8, 4) is 0 Å². The molecular weight excluding hydrogens is 628 g/mol. The predicted molar refractivity (Wildman–Crippen MR) is 189 cm³/mol. The highest BCUT2D eigenvalue weighted by Gasteiger charge is 2.47. The summed E-state index contributed by atoms with van der Waals surface area (Å²) in [7, 11) is 1.57. The molecule has 0 saturated carbocycles. The summed E-state index contributed by atoms with van der Waals surface area (Å²) in [6.07, 6.45) is 9.31. The number of hydrogen-bond donors (Lipinski definition) is 3. The van der Waals surface area contributed by atoms with E-state index in [4.69, 9.17) is 18.9 Å². The normalized spacial score (nSPS) is 33.2. The zero-order valence-corrected chi connectivity index (χ0v) is 31.2. The number of allylic oxidation sites excluding steroid dienone is 2. The van der Waals surface area contributed by atoms with Gasteiger partial charge in [-0.3, -0.25) is 9.69 Å². The van der Waals surface area contributed by atoms with Crippen LogP contribution in [0.15, 0.2) is 36.0 Å². The molecule has 10 atom stereocenters. The van der Waals surface area contributed by atoms with Crippen LogP contribution in [0.1, 0.15) is 93.4 Å². The summed E-state index contributed by atoms with van der Waals surface area (Å²) in [6.45, 7) is 17.3. The first-order valence-electron chi connectivity index (χ1n) is 18.3. The third-order valence-corrected chi connectivity index (χ3v) is 10.5. The van der Waals surface area contributed by atoms with Crippen LogP contribution < -0.4 is 0 Å². The molecule has 0 spiro atoms. The first kappa shape index (κ1) is 41.1. The number of rotatable bonds is 13. The zero-order chi connectivity index (χ0) is 36.4. The second-order valence-electron chi connectivity index (χ2n) is 14.9. The molecule has 280 valence electrons. The average Bonchev–Trinajstić information content (AvgIpc) is 3.83. The van der Waals surface area contributed by atoms with Crippen LogP contribution >= 0.6 is 0 Å². The number of esters is 1. The molecule has 0 radical (unpaired) electrons. The Bertz CT molecular complexity index is 1150. The van der Waals surface area contributed by atoms with Crippen molar-refractivity contribution in [2.24, 2.45) is 11.8 Å². The van der Waals surface area contributed by atoms with E-state index in [1.54, 1.807) is 31.1 Å². The van der Waals surface area contributed by atoms with Gasteiger partial charge in [0.05, 0.1) is 36.4 Å².